The van der Waals surface area contributed by atoms with Gasteiger partial charge in [0.25, 0.3) is 0 Å². The Hall–Kier alpha value is -4.40. The van der Waals surface area contributed by atoms with Gasteiger partial charge in [-0.15, -0.1) is 0 Å². The molecule has 0 saturated heterocycles. The molecule has 0 bridgehead atoms. The Morgan fingerprint density at radius 1 is 0.757 bits per heavy atom. The van der Waals surface area contributed by atoms with Gasteiger partial charge in [-0.25, -0.2) is 0 Å². The minimum absolute atomic E-state index is 0.139. The van der Waals surface area contributed by atoms with E-state index in [1.54, 1.807) is 20.3 Å². The lowest BCUT2D eigenvalue weighted by molar-refractivity contribution is -0.137. The van der Waals surface area contributed by atoms with E-state index < -0.39 is 17.5 Å². The molecule has 0 aliphatic carbocycles. The molecule has 0 aliphatic rings. The summed E-state index contributed by atoms with van der Waals surface area (Å²) in [5.74, 6) is 1.65. The second-order valence-corrected chi connectivity index (χ2v) is 7.67. The molecule has 9 heteroatoms. The number of anilines is 1. The van der Waals surface area contributed by atoms with Gasteiger partial charge >= 0.3 is 6.18 Å². The zero-order valence-corrected chi connectivity index (χ0v) is 20.7. The number of ether oxygens (including phenoxy) is 4. The van der Waals surface area contributed by atoms with E-state index in [4.69, 9.17) is 18.9 Å². The van der Waals surface area contributed by atoms with Crippen LogP contribution in [-0.2, 0) is 6.18 Å². The minimum atomic E-state index is -4.46. The van der Waals surface area contributed by atoms with Crippen LogP contribution in [0.4, 0.5) is 18.9 Å². The van der Waals surface area contributed by atoms with Crippen molar-refractivity contribution >= 4 is 23.6 Å². The molecule has 0 aromatic heterocycles. The minimum Gasteiger partial charge on any atom is -0.495 e. The molecule has 0 fully saturated rings. The number of hydrogen-bond donors (Lipinski definition) is 1. The average molecular weight is 514 g/mol. The Bertz CT molecular complexity index is 1270. The molecule has 1 N–H and O–H groups in total. The van der Waals surface area contributed by atoms with Gasteiger partial charge in [0, 0.05) is 17.8 Å². The van der Waals surface area contributed by atoms with E-state index in [0.717, 1.165) is 35.4 Å². The van der Waals surface area contributed by atoms with Crippen LogP contribution in [0.1, 0.15) is 27.0 Å². The number of carbonyl (C=O) groups excluding carboxylic acids is 1. The number of rotatable bonds is 10. The van der Waals surface area contributed by atoms with Gasteiger partial charge in [-0.3, -0.25) is 4.79 Å². The third-order valence-electron chi connectivity index (χ3n) is 5.35. The van der Waals surface area contributed by atoms with E-state index in [0.29, 0.717) is 28.7 Å². The zero-order chi connectivity index (χ0) is 27.0. The highest BCUT2D eigenvalue weighted by Gasteiger charge is 2.30. The van der Waals surface area contributed by atoms with Crippen LogP contribution in [-0.4, -0.2) is 34.2 Å². The molecule has 0 unspecified atom stereocenters. The van der Waals surface area contributed by atoms with Crippen molar-refractivity contribution in [2.24, 2.45) is 0 Å². The topological polar surface area (TPSA) is 66.0 Å². The van der Waals surface area contributed by atoms with E-state index in [1.165, 1.54) is 26.5 Å². The highest BCUT2D eigenvalue weighted by Crippen LogP contribution is 2.38. The summed E-state index contributed by atoms with van der Waals surface area (Å²) in [4.78, 5) is 12.3. The Balaban J connectivity index is 1.77. The highest BCUT2D eigenvalue weighted by atomic mass is 19.4. The summed E-state index contributed by atoms with van der Waals surface area (Å²) in [5.41, 5.74) is 1.57. The van der Waals surface area contributed by atoms with Gasteiger partial charge in [-0.05, 0) is 47.5 Å². The summed E-state index contributed by atoms with van der Waals surface area (Å²) in [6, 6.07) is 13.1. The monoisotopic (exact) mass is 513 g/mol. The largest absolute Gasteiger partial charge is 0.495 e. The van der Waals surface area contributed by atoms with Crippen LogP contribution in [0.25, 0.3) is 12.2 Å². The van der Waals surface area contributed by atoms with Gasteiger partial charge in [0.15, 0.2) is 17.3 Å². The second-order valence-electron chi connectivity index (χ2n) is 7.67. The first-order valence-corrected chi connectivity index (χ1v) is 11.0. The van der Waals surface area contributed by atoms with Gasteiger partial charge in [0.2, 0.25) is 5.75 Å². The van der Waals surface area contributed by atoms with Crippen molar-refractivity contribution in [2.75, 3.05) is 33.8 Å². The van der Waals surface area contributed by atoms with E-state index >= 15 is 0 Å². The molecule has 0 amide bonds. The van der Waals surface area contributed by atoms with Crippen LogP contribution in [0.3, 0.4) is 0 Å². The lowest BCUT2D eigenvalue weighted by Gasteiger charge is -2.13. The van der Waals surface area contributed by atoms with Crippen molar-refractivity contribution in [2.45, 2.75) is 6.18 Å². The molecule has 6 nitrogen and oxygen atoms in total. The first kappa shape index (κ1) is 27.2. The molecule has 3 rings (SSSR count). The summed E-state index contributed by atoms with van der Waals surface area (Å²) in [5, 5.41) is 2.99. The molecule has 0 radical (unpaired) electrons. The van der Waals surface area contributed by atoms with Gasteiger partial charge in [0.1, 0.15) is 5.75 Å². The van der Waals surface area contributed by atoms with Crippen molar-refractivity contribution in [3.8, 4) is 23.0 Å². The van der Waals surface area contributed by atoms with Crippen molar-refractivity contribution in [3.05, 3.63) is 89.1 Å². The number of nitrogens with one attached hydrogen (secondary N) is 1. The fourth-order valence-electron chi connectivity index (χ4n) is 3.46. The number of allylic oxidation sites excluding steroid dienone is 1. The van der Waals surface area contributed by atoms with Crippen LogP contribution < -0.4 is 24.3 Å². The standard InChI is InChI=1S/C28H26F3NO5/c1-34-24-12-7-18(5-6-19-16-25(35-2)27(37-4)26(17-19)36-3)15-22(24)32-14-13-23(33)20-8-10-21(11-9-20)28(29,30)31/h5-17,32H,1-4H3. The van der Waals surface area contributed by atoms with Gasteiger partial charge in [-0.1, -0.05) is 30.4 Å². The summed E-state index contributed by atoms with van der Waals surface area (Å²) >= 11 is 0. The quantitative estimate of drug-likeness (QED) is 0.185. The first-order chi connectivity index (χ1) is 17.7. The maximum Gasteiger partial charge on any atom is 0.416 e. The Morgan fingerprint density at radius 2 is 1.35 bits per heavy atom. The summed E-state index contributed by atoms with van der Waals surface area (Å²) in [6.45, 7) is 0. The molecule has 3 aromatic carbocycles. The number of halogens is 3. The molecule has 37 heavy (non-hydrogen) atoms. The van der Waals surface area contributed by atoms with Crippen LogP contribution in [0.5, 0.6) is 23.0 Å². The van der Waals surface area contributed by atoms with Gasteiger partial charge in [0.05, 0.1) is 39.7 Å². The van der Waals surface area contributed by atoms with Crippen LogP contribution in [0.2, 0.25) is 0 Å². The lowest BCUT2D eigenvalue weighted by atomic mass is 10.1. The normalized spacial score (nSPS) is 11.5. The van der Waals surface area contributed by atoms with Crippen molar-refractivity contribution < 1.29 is 36.9 Å². The van der Waals surface area contributed by atoms with Crippen molar-refractivity contribution in [1.29, 1.82) is 0 Å². The molecule has 0 spiro atoms. The van der Waals surface area contributed by atoms with Gasteiger partial charge in [-0.2, -0.15) is 13.2 Å². The molecule has 0 aliphatic heterocycles. The average Bonchev–Trinajstić information content (AvgIpc) is 2.90. The number of carbonyl (C=O) groups is 1. The van der Waals surface area contributed by atoms with E-state index in [1.807, 2.05) is 36.4 Å². The number of hydrogen-bond acceptors (Lipinski definition) is 6. The van der Waals surface area contributed by atoms with E-state index in [9.17, 15) is 18.0 Å². The molecular formula is C28H26F3NO5. The molecule has 0 atom stereocenters. The lowest BCUT2D eigenvalue weighted by Crippen LogP contribution is -2.05. The third kappa shape index (κ3) is 6.84. The van der Waals surface area contributed by atoms with Crippen LogP contribution in [0.15, 0.2) is 66.9 Å². The number of benzene rings is 3. The van der Waals surface area contributed by atoms with Crippen molar-refractivity contribution in [3.63, 3.8) is 0 Å². The Kier molecular flexibility index (Phi) is 8.84. The molecular weight excluding hydrogens is 487 g/mol. The fraction of sp³-hybridized carbons (Fsp3) is 0.179. The summed E-state index contributed by atoms with van der Waals surface area (Å²) in [7, 11) is 6.14. The van der Waals surface area contributed by atoms with Crippen LogP contribution >= 0.6 is 0 Å². The Morgan fingerprint density at radius 3 is 1.89 bits per heavy atom. The molecule has 3 aromatic rings. The Labute approximate surface area is 212 Å². The number of ketones is 1. The smallest absolute Gasteiger partial charge is 0.416 e. The second kappa shape index (κ2) is 12.0. The van der Waals surface area contributed by atoms with E-state index in [2.05, 4.69) is 5.32 Å². The first-order valence-electron chi connectivity index (χ1n) is 11.0. The van der Waals surface area contributed by atoms with Crippen LogP contribution in [0, 0.1) is 0 Å². The molecule has 0 saturated carbocycles. The van der Waals surface area contributed by atoms with Gasteiger partial charge < -0.3 is 24.3 Å². The van der Waals surface area contributed by atoms with E-state index in [-0.39, 0.29) is 5.56 Å². The predicted molar refractivity (Wildman–Crippen MR) is 137 cm³/mol. The van der Waals surface area contributed by atoms with Crippen molar-refractivity contribution in [1.82, 2.24) is 0 Å². The molecule has 0 heterocycles. The third-order valence-corrected chi connectivity index (χ3v) is 5.35. The number of methoxy groups -OCH3 is 4. The highest BCUT2D eigenvalue weighted by molar-refractivity contribution is 6.04. The SMILES string of the molecule is COc1ccc(C=Cc2cc(OC)c(OC)c(OC)c2)cc1NC=CC(=O)c1ccc(C(F)(F)F)cc1. The maximum atomic E-state index is 12.7. The number of alkyl halides is 3. The summed E-state index contributed by atoms with van der Waals surface area (Å²) in [6.07, 6.45) is 1.94. The fourth-order valence-corrected chi connectivity index (χ4v) is 3.46. The predicted octanol–water partition coefficient (Wildman–Crippen LogP) is 6.72. The molecule has 194 valence electrons. The maximum absolute atomic E-state index is 12.7. The zero-order valence-electron chi connectivity index (χ0n) is 20.7. The summed E-state index contributed by atoms with van der Waals surface area (Å²) < 4.78 is 59.7.